The first-order chi connectivity index (χ1) is 7.24. The van der Waals surface area contributed by atoms with Crippen LogP contribution < -0.4 is 0 Å². The molecule has 1 amide bonds. The number of benzene rings is 1. The van der Waals surface area contributed by atoms with Gasteiger partial charge in [-0.3, -0.25) is 9.59 Å². The largest absolute Gasteiger partial charge is 0.298 e. The Bertz CT molecular complexity index is 501. The highest BCUT2D eigenvalue weighted by Crippen LogP contribution is 2.27. The number of hydrogen-bond acceptors (Lipinski definition) is 3. The van der Waals surface area contributed by atoms with Crippen LogP contribution in [0, 0.1) is 0 Å². The lowest BCUT2D eigenvalue weighted by molar-refractivity contribution is -0.112. The predicted octanol–water partition coefficient (Wildman–Crippen LogP) is 2.22. The molecule has 2 rings (SSSR count). The Balaban J connectivity index is 2.61. The molecule has 0 bridgehead atoms. The van der Waals surface area contributed by atoms with Crippen molar-refractivity contribution in [1.82, 2.24) is 0 Å². The lowest BCUT2D eigenvalue weighted by atomic mass is 9.99. The molecule has 0 unspecified atom stereocenters. The monoisotopic (exact) mass is 200 g/mol. The quantitative estimate of drug-likeness (QED) is 0.687. The van der Waals surface area contributed by atoms with Gasteiger partial charge in [0.05, 0.1) is 11.3 Å². The predicted molar refractivity (Wildman–Crippen MR) is 54.3 cm³/mol. The number of hydrogen-bond donors (Lipinski definition) is 0. The standard InChI is InChI=1S/C11H8N2O2/c1-7-10(11(15)13-12-7)9-5-3-2-4-8(9)6-14/h2-6H,1H3. The minimum atomic E-state index is -0.387. The lowest BCUT2D eigenvalue weighted by Gasteiger charge is -2.03. The van der Waals surface area contributed by atoms with E-state index in [4.69, 9.17) is 0 Å². The Kier molecular flexibility index (Phi) is 2.25. The number of amides is 1. The SMILES string of the molecule is CC1=C(c2ccccc2C=O)C(=O)N=N1. The van der Waals surface area contributed by atoms with Gasteiger partial charge < -0.3 is 0 Å². The molecule has 0 aromatic heterocycles. The lowest BCUT2D eigenvalue weighted by Crippen LogP contribution is -1.99. The van der Waals surface area contributed by atoms with Gasteiger partial charge in [0.1, 0.15) is 0 Å². The van der Waals surface area contributed by atoms with Crippen molar-refractivity contribution in [3.63, 3.8) is 0 Å². The minimum absolute atomic E-state index is 0.387. The van der Waals surface area contributed by atoms with Crippen LogP contribution >= 0.6 is 0 Å². The van der Waals surface area contributed by atoms with Crippen molar-refractivity contribution in [2.75, 3.05) is 0 Å². The van der Waals surface area contributed by atoms with Crippen molar-refractivity contribution in [2.45, 2.75) is 6.92 Å². The zero-order valence-electron chi connectivity index (χ0n) is 8.10. The number of aldehydes is 1. The Labute approximate surface area is 86.3 Å². The maximum Gasteiger partial charge on any atom is 0.297 e. The highest BCUT2D eigenvalue weighted by Gasteiger charge is 2.22. The fraction of sp³-hybridized carbons (Fsp3) is 0.0909. The second-order valence-corrected chi connectivity index (χ2v) is 3.17. The molecule has 0 radical (unpaired) electrons. The van der Waals surface area contributed by atoms with Crippen LogP contribution in [0.25, 0.3) is 5.57 Å². The van der Waals surface area contributed by atoms with E-state index < -0.39 is 0 Å². The van der Waals surface area contributed by atoms with Crippen LogP contribution in [0.2, 0.25) is 0 Å². The van der Waals surface area contributed by atoms with E-state index >= 15 is 0 Å². The Morgan fingerprint density at radius 2 is 1.93 bits per heavy atom. The minimum Gasteiger partial charge on any atom is -0.298 e. The first kappa shape index (κ1) is 9.45. The molecular formula is C11H8N2O2. The van der Waals surface area contributed by atoms with Crippen molar-refractivity contribution in [3.8, 4) is 0 Å². The molecule has 4 heteroatoms. The molecule has 15 heavy (non-hydrogen) atoms. The molecule has 1 heterocycles. The van der Waals surface area contributed by atoms with Gasteiger partial charge in [-0.1, -0.05) is 24.3 Å². The molecule has 0 saturated heterocycles. The normalized spacial score (nSPS) is 14.9. The van der Waals surface area contributed by atoms with Gasteiger partial charge in [0.25, 0.3) is 5.91 Å². The van der Waals surface area contributed by atoms with Crippen molar-refractivity contribution >= 4 is 17.8 Å². The molecule has 1 aliphatic rings. The summed E-state index contributed by atoms with van der Waals surface area (Å²) in [6, 6.07) is 6.90. The third-order valence-corrected chi connectivity index (χ3v) is 2.22. The number of azo groups is 1. The number of rotatable bonds is 2. The topological polar surface area (TPSA) is 58.9 Å². The number of carbonyl (C=O) groups excluding carboxylic acids is 2. The van der Waals surface area contributed by atoms with Crippen molar-refractivity contribution in [2.24, 2.45) is 10.2 Å². The van der Waals surface area contributed by atoms with Gasteiger partial charge in [-0.15, -0.1) is 5.11 Å². The number of allylic oxidation sites excluding steroid dienone is 1. The maximum absolute atomic E-state index is 11.4. The number of carbonyl (C=O) groups is 2. The second kappa shape index (κ2) is 3.57. The maximum atomic E-state index is 11.4. The zero-order chi connectivity index (χ0) is 10.8. The molecule has 0 atom stereocenters. The highest BCUT2D eigenvalue weighted by molar-refractivity contribution is 6.23. The van der Waals surface area contributed by atoms with Crippen molar-refractivity contribution in [3.05, 3.63) is 41.1 Å². The third kappa shape index (κ3) is 1.50. The molecular weight excluding hydrogens is 192 g/mol. The molecule has 0 spiro atoms. The summed E-state index contributed by atoms with van der Waals surface area (Å²) in [5.41, 5.74) is 2.04. The van der Waals surface area contributed by atoms with Crippen LogP contribution in [0.4, 0.5) is 0 Å². The fourth-order valence-electron chi connectivity index (χ4n) is 1.51. The average molecular weight is 200 g/mol. The van der Waals surface area contributed by atoms with Crippen LogP contribution in [0.15, 0.2) is 40.2 Å². The van der Waals surface area contributed by atoms with E-state index in [9.17, 15) is 9.59 Å². The molecule has 0 fully saturated rings. The summed E-state index contributed by atoms with van der Waals surface area (Å²) in [4.78, 5) is 22.2. The zero-order valence-corrected chi connectivity index (χ0v) is 8.10. The van der Waals surface area contributed by atoms with Gasteiger partial charge >= 0.3 is 0 Å². The van der Waals surface area contributed by atoms with Crippen molar-refractivity contribution in [1.29, 1.82) is 0 Å². The number of nitrogens with zero attached hydrogens (tertiary/aromatic N) is 2. The van der Waals surface area contributed by atoms with E-state index in [1.807, 2.05) is 0 Å². The summed E-state index contributed by atoms with van der Waals surface area (Å²) >= 11 is 0. The van der Waals surface area contributed by atoms with Crippen molar-refractivity contribution < 1.29 is 9.59 Å². The van der Waals surface area contributed by atoms with Gasteiger partial charge in [-0.2, -0.15) is 5.11 Å². The van der Waals surface area contributed by atoms with Crippen LogP contribution in [-0.2, 0) is 4.79 Å². The van der Waals surface area contributed by atoms with Gasteiger partial charge in [0.15, 0.2) is 6.29 Å². The molecule has 4 nitrogen and oxygen atoms in total. The van der Waals surface area contributed by atoms with E-state index in [0.717, 1.165) is 6.29 Å². The van der Waals surface area contributed by atoms with E-state index in [2.05, 4.69) is 10.2 Å². The Hall–Kier alpha value is -2.10. The first-order valence-electron chi connectivity index (χ1n) is 4.45. The van der Waals surface area contributed by atoms with E-state index in [1.165, 1.54) is 0 Å². The summed E-state index contributed by atoms with van der Waals surface area (Å²) in [7, 11) is 0. The summed E-state index contributed by atoms with van der Waals surface area (Å²) in [5, 5.41) is 7.14. The van der Waals surface area contributed by atoms with Crippen LogP contribution in [0.3, 0.4) is 0 Å². The summed E-state index contributed by atoms with van der Waals surface area (Å²) in [6.45, 7) is 1.70. The molecule has 0 N–H and O–H groups in total. The molecule has 1 aromatic rings. The Morgan fingerprint density at radius 1 is 1.20 bits per heavy atom. The first-order valence-corrected chi connectivity index (χ1v) is 4.45. The molecule has 74 valence electrons. The van der Waals surface area contributed by atoms with Gasteiger partial charge in [0, 0.05) is 5.56 Å². The van der Waals surface area contributed by atoms with E-state index in [-0.39, 0.29) is 5.91 Å². The molecule has 0 saturated carbocycles. The molecule has 1 aromatic carbocycles. The molecule has 1 aliphatic heterocycles. The van der Waals surface area contributed by atoms with Crippen LogP contribution in [0.1, 0.15) is 22.8 Å². The molecule has 0 aliphatic carbocycles. The average Bonchev–Trinajstić information content (AvgIpc) is 2.59. The van der Waals surface area contributed by atoms with Crippen LogP contribution in [0.5, 0.6) is 0 Å². The van der Waals surface area contributed by atoms with Gasteiger partial charge in [0.2, 0.25) is 0 Å². The summed E-state index contributed by atoms with van der Waals surface area (Å²) in [6.07, 6.45) is 0.723. The van der Waals surface area contributed by atoms with E-state index in [0.29, 0.717) is 22.4 Å². The second-order valence-electron chi connectivity index (χ2n) is 3.17. The van der Waals surface area contributed by atoms with Gasteiger partial charge in [-0.05, 0) is 12.5 Å². The van der Waals surface area contributed by atoms with E-state index in [1.54, 1.807) is 31.2 Å². The third-order valence-electron chi connectivity index (χ3n) is 2.22. The van der Waals surface area contributed by atoms with Crippen LogP contribution in [-0.4, -0.2) is 12.2 Å². The highest BCUT2D eigenvalue weighted by atomic mass is 16.2. The fourth-order valence-corrected chi connectivity index (χ4v) is 1.51. The summed E-state index contributed by atoms with van der Waals surface area (Å²) in [5.74, 6) is -0.387. The summed E-state index contributed by atoms with van der Waals surface area (Å²) < 4.78 is 0. The Morgan fingerprint density at radius 3 is 2.53 bits per heavy atom. The smallest absolute Gasteiger partial charge is 0.297 e. The van der Waals surface area contributed by atoms with Gasteiger partial charge in [-0.25, -0.2) is 0 Å².